The van der Waals surface area contributed by atoms with E-state index < -0.39 is 0 Å². The van der Waals surface area contributed by atoms with Gasteiger partial charge in [-0.25, -0.2) is 0 Å². The highest BCUT2D eigenvalue weighted by molar-refractivity contribution is 5.89. The zero-order valence-electron chi connectivity index (χ0n) is 19.1. The number of ether oxygens (including phenoxy) is 2. The molecule has 1 aliphatic heterocycles. The number of carbonyl (C=O) groups is 2. The monoisotopic (exact) mass is 447 g/mol. The van der Waals surface area contributed by atoms with E-state index in [-0.39, 0.29) is 24.2 Å². The summed E-state index contributed by atoms with van der Waals surface area (Å²) in [5.74, 6) is 0.876. The molecule has 1 atom stereocenters. The third-order valence-corrected chi connectivity index (χ3v) is 5.80. The lowest BCUT2D eigenvalue weighted by Gasteiger charge is -2.24. The van der Waals surface area contributed by atoms with Crippen LogP contribution in [0.25, 0.3) is 0 Å². The van der Waals surface area contributed by atoms with Crippen molar-refractivity contribution in [2.24, 2.45) is 5.92 Å². The quantitative estimate of drug-likeness (QED) is 0.523. The normalized spacial score (nSPS) is 15.1. The maximum atomic E-state index is 13.2. The van der Waals surface area contributed by atoms with Crippen molar-refractivity contribution < 1.29 is 19.1 Å². The van der Waals surface area contributed by atoms with E-state index in [1.54, 1.807) is 42.2 Å². The van der Waals surface area contributed by atoms with Crippen LogP contribution in [0.4, 0.5) is 0 Å². The van der Waals surface area contributed by atoms with Gasteiger partial charge >= 0.3 is 0 Å². The largest absolute Gasteiger partial charge is 0.493 e. The zero-order valence-corrected chi connectivity index (χ0v) is 19.1. The summed E-state index contributed by atoms with van der Waals surface area (Å²) < 4.78 is 10.6. The summed E-state index contributed by atoms with van der Waals surface area (Å²) in [5.41, 5.74) is 2.54. The second kappa shape index (κ2) is 11.2. The Bertz CT molecular complexity index is 1040. The Balaban J connectivity index is 1.61. The summed E-state index contributed by atoms with van der Waals surface area (Å²) in [5, 5.41) is 8.97. The summed E-state index contributed by atoms with van der Waals surface area (Å²) in [6, 6.07) is 15.0. The number of carbonyl (C=O) groups excluding carboxylic acids is 2. The van der Waals surface area contributed by atoms with Gasteiger partial charge in [-0.2, -0.15) is 5.26 Å². The van der Waals surface area contributed by atoms with Crippen LogP contribution in [0, 0.1) is 17.2 Å². The van der Waals surface area contributed by atoms with E-state index in [1.165, 1.54) is 0 Å². The van der Waals surface area contributed by atoms with Crippen molar-refractivity contribution in [2.45, 2.75) is 19.4 Å². The minimum atomic E-state index is -0.374. The molecule has 3 rings (SSSR count). The van der Waals surface area contributed by atoms with Gasteiger partial charge in [-0.15, -0.1) is 6.58 Å². The molecule has 0 spiro atoms. The lowest BCUT2D eigenvalue weighted by molar-refractivity contribution is -0.135. The molecule has 1 saturated heterocycles. The molecule has 0 N–H and O–H groups in total. The van der Waals surface area contributed by atoms with Crippen LogP contribution in [-0.4, -0.2) is 55.5 Å². The van der Waals surface area contributed by atoms with Crippen LogP contribution < -0.4 is 9.47 Å². The number of hydrogen-bond acceptors (Lipinski definition) is 5. The molecule has 2 aromatic carbocycles. The number of nitriles is 1. The Labute approximate surface area is 194 Å². The van der Waals surface area contributed by atoms with Crippen molar-refractivity contribution in [3.63, 3.8) is 0 Å². The Hall–Kier alpha value is -3.79. The highest BCUT2D eigenvalue weighted by Crippen LogP contribution is 2.28. The van der Waals surface area contributed by atoms with Gasteiger partial charge in [-0.1, -0.05) is 24.3 Å². The Morgan fingerprint density at radius 3 is 2.52 bits per heavy atom. The summed E-state index contributed by atoms with van der Waals surface area (Å²) in [6.45, 7) is 5.52. The molecular weight excluding hydrogens is 418 g/mol. The van der Waals surface area contributed by atoms with Crippen LogP contribution in [-0.2, 0) is 22.6 Å². The van der Waals surface area contributed by atoms with E-state index in [0.717, 1.165) is 11.1 Å². The first-order valence-corrected chi connectivity index (χ1v) is 10.9. The van der Waals surface area contributed by atoms with Crippen LogP contribution >= 0.6 is 0 Å². The molecule has 33 heavy (non-hydrogen) atoms. The van der Waals surface area contributed by atoms with Crippen molar-refractivity contribution in [1.29, 1.82) is 5.26 Å². The lowest BCUT2D eigenvalue weighted by Crippen LogP contribution is -2.37. The second-order valence-corrected chi connectivity index (χ2v) is 8.00. The van der Waals surface area contributed by atoms with Crippen molar-refractivity contribution in [3.05, 3.63) is 71.8 Å². The molecule has 0 radical (unpaired) electrons. The Morgan fingerprint density at radius 1 is 1.18 bits per heavy atom. The fraction of sp³-hybridized carbons (Fsp3) is 0.346. The average molecular weight is 448 g/mol. The predicted octanol–water partition coefficient (Wildman–Crippen LogP) is 3.18. The van der Waals surface area contributed by atoms with E-state index in [4.69, 9.17) is 14.7 Å². The van der Waals surface area contributed by atoms with E-state index in [0.29, 0.717) is 49.7 Å². The molecule has 0 aliphatic carbocycles. The van der Waals surface area contributed by atoms with Crippen molar-refractivity contribution in [3.8, 4) is 17.6 Å². The van der Waals surface area contributed by atoms with E-state index >= 15 is 0 Å². The van der Waals surface area contributed by atoms with Gasteiger partial charge in [0.1, 0.15) is 0 Å². The van der Waals surface area contributed by atoms with Crippen LogP contribution in [0.1, 0.15) is 23.1 Å². The topological polar surface area (TPSA) is 82.9 Å². The average Bonchev–Trinajstić information content (AvgIpc) is 3.22. The first-order chi connectivity index (χ1) is 16.0. The van der Waals surface area contributed by atoms with Gasteiger partial charge in [0, 0.05) is 32.6 Å². The third-order valence-electron chi connectivity index (χ3n) is 5.80. The SMILES string of the molecule is C=CCN(Cc1ccc(C#N)cc1)C(=O)C1CC(=O)N(CCc2ccc(OC)c(OC)c2)C1. The van der Waals surface area contributed by atoms with Gasteiger partial charge in [0.25, 0.3) is 0 Å². The number of amides is 2. The van der Waals surface area contributed by atoms with Crippen LogP contribution in [0.2, 0.25) is 0 Å². The first kappa shape index (κ1) is 23.9. The molecule has 1 unspecified atom stereocenters. The third kappa shape index (κ3) is 5.92. The molecule has 172 valence electrons. The number of likely N-dealkylation sites (tertiary alicyclic amines) is 1. The van der Waals surface area contributed by atoms with E-state index in [9.17, 15) is 9.59 Å². The fourth-order valence-corrected chi connectivity index (χ4v) is 4.01. The number of methoxy groups -OCH3 is 2. The van der Waals surface area contributed by atoms with Crippen molar-refractivity contribution in [2.75, 3.05) is 33.9 Å². The summed E-state index contributed by atoms with van der Waals surface area (Å²) >= 11 is 0. The predicted molar refractivity (Wildman–Crippen MR) is 125 cm³/mol. The number of rotatable bonds is 10. The molecule has 2 amide bonds. The zero-order chi connectivity index (χ0) is 23.8. The molecule has 0 aromatic heterocycles. The number of nitrogens with zero attached hydrogens (tertiary/aromatic N) is 3. The van der Waals surface area contributed by atoms with Crippen molar-refractivity contribution in [1.82, 2.24) is 9.80 Å². The molecule has 0 saturated carbocycles. The molecule has 1 aliphatic rings. The smallest absolute Gasteiger partial charge is 0.228 e. The second-order valence-electron chi connectivity index (χ2n) is 8.00. The first-order valence-electron chi connectivity index (χ1n) is 10.9. The number of benzene rings is 2. The van der Waals surface area contributed by atoms with Crippen molar-refractivity contribution >= 4 is 11.8 Å². The van der Waals surface area contributed by atoms with E-state index in [1.807, 2.05) is 30.3 Å². The maximum absolute atomic E-state index is 13.2. The highest BCUT2D eigenvalue weighted by Gasteiger charge is 2.36. The van der Waals surface area contributed by atoms with Gasteiger partial charge in [0.05, 0.1) is 31.8 Å². The van der Waals surface area contributed by atoms with Crippen LogP contribution in [0.15, 0.2) is 55.1 Å². The Morgan fingerprint density at radius 2 is 1.88 bits per heavy atom. The molecule has 7 heteroatoms. The highest BCUT2D eigenvalue weighted by atomic mass is 16.5. The van der Waals surface area contributed by atoms with E-state index in [2.05, 4.69) is 12.6 Å². The fourth-order valence-electron chi connectivity index (χ4n) is 4.01. The lowest BCUT2D eigenvalue weighted by atomic mass is 10.1. The summed E-state index contributed by atoms with van der Waals surface area (Å²) in [6.07, 6.45) is 2.56. The Kier molecular flexibility index (Phi) is 8.09. The maximum Gasteiger partial charge on any atom is 0.228 e. The molecule has 1 fully saturated rings. The summed E-state index contributed by atoms with van der Waals surface area (Å²) in [7, 11) is 3.18. The van der Waals surface area contributed by atoms with Crippen LogP contribution in [0.5, 0.6) is 11.5 Å². The van der Waals surface area contributed by atoms with Gasteiger partial charge in [0.2, 0.25) is 11.8 Å². The molecular formula is C26H29N3O4. The van der Waals surface area contributed by atoms with Gasteiger partial charge in [0.15, 0.2) is 11.5 Å². The standard InChI is InChI=1S/C26H29N3O4/c1-4-12-29(17-21-7-5-20(16-27)6-8-21)26(31)22-15-25(30)28(18-22)13-11-19-9-10-23(32-2)24(14-19)33-3/h4-10,14,22H,1,11-13,15,17-18H2,2-3H3. The van der Waals surface area contributed by atoms with Crippen LogP contribution in [0.3, 0.4) is 0 Å². The molecule has 2 aromatic rings. The molecule has 1 heterocycles. The van der Waals surface area contributed by atoms with Gasteiger partial charge in [-0.05, 0) is 41.8 Å². The molecule has 0 bridgehead atoms. The summed E-state index contributed by atoms with van der Waals surface area (Å²) in [4.78, 5) is 29.3. The number of hydrogen-bond donors (Lipinski definition) is 0. The molecule has 7 nitrogen and oxygen atoms in total. The van der Waals surface area contributed by atoms with Gasteiger partial charge in [-0.3, -0.25) is 9.59 Å². The van der Waals surface area contributed by atoms with Gasteiger partial charge < -0.3 is 19.3 Å². The minimum Gasteiger partial charge on any atom is -0.493 e. The minimum absolute atomic E-state index is 0.00856.